The van der Waals surface area contributed by atoms with E-state index in [1.54, 1.807) is 0 Å². The number of benzene rings is 1. The molecule has 0 radical (unpaired) electrons. The fourth-order valence-corrected chi connectivity index (χ4v) is 2.67. The average Bonchev–Trinajstić information content (AvgIpc) is 2.78. The summed E-state index contributed by atoms with van der Waals surface area (Å²) in [5.74, 6) is 1.03. The number of imidazole rings is 1. The van der Waals surface area contributed by atoms with Crippen LogP contribution >= 0.6 is 0 Å². The van der Waals surface area contributed by atoms with Gasteiger partial charge in [-0.3, -0.25) is 0 Å². The summed E-state index contributed by atoms with van der Waals surface area (Å²) in [6.45, 7) is 3.42. The summed E-state index contributed by atoms with van der Waals surface area (Å²) < 4.78 is 7.91. The zero-order chi connectivity index (χ0) is 13.2. The van der Waals surface area contributed by atoms with Crippen molar-refractivity contribution in [1.29, 1.82) is 0 Å². The molecule has 5 nitrogen and oxygen atoms in total. The van der Waals surface area contributed by atoms with Gasteiger partial charge in [-0.25, -0.2) is 4.98 Å². The summed E-state index contributed by atoms with van der Waals surface area (Å²) in [5, 5.41) is 3.17. The lowest BCUT2D eigenvalue weighted by Crippen LogP contribution is -2.47. The number of hydrogen-bond acceptors (Lipinski definition) is 4. The van der Waals surface area contributed by atoms with E-state index in [9.17, 15) is 0 Å². The van der Waals surface area contributed by atoms with E-state index in [4.69, 9.17) is 9.72 Å². The molecule has 19 heavy (non-hydrogen) atoms. The topological polar surface area (TPSA) is 42.3 Å². The summed E-state index contributed by atoms with van der Waals surface area (Å²) in [5.41, 5.74) is 2.23. The highest BCUT2D eigenvalue weighted by Crippen LogP contribution is 2.22. The Morgan fingerprint density at radius 1 is 1.42 bits per heavy atom. The normalized spacial score (nSPS) is 20.1. The van der Waals surface area contributed by atoms with Crippen LogP contribution in [-0.4, -0.2) is 48.9 Å². The summed E-state index contributed by atoms with van der Waals surface area (Å²) in [6, 6.07) is 8.25. The van der Waals surface area contributed by atoms with Gasteiger partial charge in [0.1, 0.15) is 0 Å². The minimum Gasteiger partial charge on any atom is -0.373 e. The van der Waals surface area contributed by atoms with Crippen molar-refractivity contribution in [1.82, 2.24) is 14.9 Å². The quantitative estimate of drug-likeness (QED) is 0.894. The van der Waals surface area contributed by atoms with Gasteiger partial charge in [-0.05, 0) is 19.2 Å². The number of fused-ring (bicyclic) bond motifs is 1. The number of rotatable bonds is 3. The maximum Gasteiger partial charge on any atom is 0.206 e. The molecular formula is C14H20N4O. The van der Waals surface area contributed by atoms with Gasteiger partial charge in [0.05, 0.1) is 23.7 Å². The third-order valence-corrected chi connectivity index (χ3v) is 3.62. The third-order valence-electron chi connectivity index (χ3n) is 3.62. The molecule has 0 spiro atoms. The Labute approximate surface area is 113 Å². The van der Waals surface area contributed by atoms with Gasteiger partial charge in [0, 0.05) is 26.7 Å². The number of morpholine rings is 1. The van der Waals surface area contributed by atoms with Gasteiger partial charge < -0.3 is 19.5 Å². The van der Waals surface area contributed by atoms with Crippen molar-refractivity contribution < 1.29 is 4.74 Å². The number of nitrogens with one attached hydrogen (secondary N) is 1. The van der Waals surface area contributed by atoms with Crippen LogP contribution in [-0.2, 0) is 11.8 Å². The van der Waals surface area contributed by atoms with Crippen molar-refractivity contribution >= 4 is 17.0 Å². The van der Waals surface area contributed by atoms with Crippen molar-refractivity contribution in [3.8, 4) is 0 Å². The van der Waals surface area contributed by atoms with Gasteiger partial charge in [0.2, 0.25) is 5.95 Å². The van der Waals surface area contributed by atoms with Crippen molar-refractivity contribution in [2.75, 3.05) is 38.2 Å². The van der Waals surface area contributed by atoms with Gasteiger partial charge in [0.25, 0.3) is 0 Å². The molecule has 2 heterocycles. The molecule has 102 valence electrons. The first kappa shape index (κ1) is 12.4. The van der Waals surface area contributed by atoms with Gasteiger partial charge in [-0.1, -0.05) is 12.1 Å². The van der Waals surface area contributed by atoms with Crippen molar-refractivity contribution in [2.45, 2.75) is 6.10 Å². The summed E-state index contributed by atoms with van der Waals surface area (Å²) in [7, 11) is 4.03. The van der Waals surface area contributed by atoms with E-state index in [2.05, 4.69) is 40.0 Å². The van der Waals surface area contributed by atoms with E-state index >= 15 is 0 Å². The largest absolute Gasteiger partial charge is 0.373 e. The van der Waals surface area contributed by atoms with Crippen molar-refractivity contribution in [3.63, 3.8) is 0 Å². The molecule has 1 N–H and O–H groups in total. The zero-order valence-corrected chi connectivity index (χ0v) is 11.5. The number of nitrogens with zero attached hydrogens (tertiary/aromatic N) is 3. The SMILES string of the molecule is CNCC1CN(c2nc3ccccc3n2C)CCO1. The molecule has 1 atom stereocenters. The highest BCUT2D eigenvalue weighted by molar-refractivity contribution is 5.78. The van der Waals surface area contributed by atoms with E-state index < -0.39 is 0 Å². The molecule has 0 aliphatic carbocycles. The number of likely N-dealkylation sites (N-methyl/N-ethyl adjacent to an activating group) is 1. The molecule has 1 fully saturated rings. The number of hydrogen-bond donors (Lipinski definition) is 1. The molecule has 1 unspecified atom stereocenters. The number of para-hydroxylation sites is 2. The number of ether oxygens (including phenoxy) is 1. The molecule has 1 aromatic heterocycles. The minimum absolute atomic E-state index is 0.235. The van der Waals surface area contributed by atoms with Gasteiger partial charge in [-0.15, -0.1) is 0 Å². The molecule has 0 bridgehead atoms. The van der Waals surface area contributed by atoms with E-state index in [0.717, 1.165) is 37.7 Å². The van der Waals surface area contributed by atoms with Crippen molar-refractivity contribution in [3.05, 3.63) is 24.3 Å². The Morgan fingerprint density at radius 2 is 2.26 bits per heavy atom. The van der Waals surface area contributed by atoms with Gasteiger partial charge in [0.15, 0.2) is 0 Å². The number of aryl methyl sites for hydroxylation is 1. The molecule has 3 rings (SSSR count). The lowest BCUT2D eigenvalue weighted by molar-refractivity contribution is 0.0415. The molecule has 0 amide bonds. The molecule has 1 aliphatic rings. The van der Waals surface area contributed by atoms with Crippen LogP contribution in [0.3, 0.4) is 0 Å². The molecule has 2 aromatic rings. The second-order valence-corrected chi connectivity index (χ2v) is 4.96. The van der Waals surface area contributed by atoms with Crippen molar-refractivity contribution in [2.24, 2.45) is 7.05 Å². The lowest BCUT2D eigenvalue weighted by Gasteiger charge is -2.33. The van der Waals surface area contributed by atoms with Crippen LogP contribution in [0.4, 0.5) is 5.95 Å². The standard InChI is InChI=1S/C14H20N4O/c1-15-9-11-10-18(7-8-19-11)14-16-12-5-3-4-6-13(12)17(14)2/h3-6,11,15H,7-10H2,1-2H3. The highest BCUT2D eigenvalue weighted by Gasteiger charge is 2.23. The third kappa shape index (κ3) is 2.31. The molecule has 1 aliphatic heterocycles. The zero-order valence-electron chi connectivity index (χ0n) is 11.5. The summed E-state index contributed by atoms with van der Waals surface area (Å²) >= 11 is 0. The van der Waals surface area contributed by atoms with Crippen LogP contribution in [0.5, 0.6) is 0 Å². The second kappa shape index (κ2) is 5.19. The van der Waals surface area contributed by atoms with Gasteiger partial charge >= 0.3 is 0 Å². The summed E-state index contributed by atoms with van der Waals surface area (Å²) in [6.07, 6.45) is 0.235. The first-order chi connectivity index (χ1) is 9.29. The van der Waals surface area contributed by atoms with E-state index in [1.165, 1.54) is 5.52 Å². The van der Waals surface area contributed by atoms with Crippen LogP contribution in [0.2, 0.25) is 0 Å². The van der Waals surface area contributed by atoms with Crippen LogP contribution in [0.1, 0.15) is 0 Å². The predicted molar refractivity (Wildman–Crippen MR) is 76.6 cm³/mol. The van der Waals surface area contributed by atoms with E-state index in [0.29, 0.717) is 0 Å². The first-order valence-corrected chi connectivity index (χ1v) is 6.72. The highest BCUT2D eigenvalue weighted by atomic mass is 16.5. The fraction of sp³-hybridized carbons (Fsp3) is 0.500. The number of aromatic nitrogens is 2. The molecular weight excluding hydrogens is 240 g/mol. The second-order valence-electron chi connectivity index (χ2n) is 4.96. The Bertz CT molecular complexity index is 564. The predicted octanol–water partition coefficient (Wildman–Crippen LogP) is 0.998. The van der Waals surface area contributed by atoms with Gasteiger partial charge in [-0.2, -0.15) is 0 Å². The van der Waals surface area contributed by atoms with Crippen LogP contribution in [0.25, 0.3) is 11.0 Å². The summed E-state index contributed by atoms with van der Waals surface area (Å²) in [4.78, 5) is 7.05. The molecule has 1 saturated heterocycles. The Morgan fingerprint density at radius 3 is 3.05 bits per heavy atom. The Kier molecular flexibility index (Phi) is 3.40. The van der Waals surface area contributed by atoms with Crippen LogP contribution < -0.4 is 10.2 Å². The van der Waals surface area contributed by atoms with Crippen LogP contribution in [0, 0.1) is 0 Å². The molecule has 5 heteroatoms. The number of anilines is 1. The smallest absolute Gasteiger partial charge is 0.206 e. The maximum atomic E-state index is 5.74. The van der Waals surface area contributed by atoms with Crippen LogP contribution in [0.15, 0.2) is 24.3 Å². The molecule has 0 saturated carbocycles. The Hall–Kier alpha value is -1.59. The average molecular weight is 260 g/mol. The monoisotopic (exact) mass is 260 g/mol. The molecule has 1 aromatic carbocycles. The maximum absolute atomic E-state index is 5.74. The minimum atomic E-state index is 0.235. The van der Waals surface area contributed by atoms with E-state index in [1.807, 2.05) is 13.1 Å². The first-order valence-electron chi connectivity index (χ1n) is 6.72. The fourth-order valence-electron chi connectivity index (χ4n) is 2.67. The Balaban J connectivity index is 1.89. The van der Waals surface area contributed by atoms with E-state index in [-0.39, 0.29) is 6.10 Å². The lowest BCUT2D eigenvalue weighted by atomic mass is 10.3.